The van der Waals surface area contributed by atoms with Crippen LogP contribution < -0.4 is 5.32 Å². The molecule has 106 valence electrons. The summed E-state index contributed by atoms with van der Waals surface area (Å²) in [4.78, 5) is 0. The van der Waals surface area contributed by atoms with Gasteiger partial charge in [-0.25, -0.2) is 0 Å². The van der Waals surface area contributed by atoms with Gasteiger partial charge in [0.1, 0.15) is 0 Å². The molecule has 3 heteroatoms. The molecule has 2 aliphatic rings. The Morgan fingerprint density at radius 2 is 2.11 bits per heavy atom. The highest BCUT2D eigenvalue weighted by molar-refractivity contribution is 5.85. The number of benzene rings is 1. The van der Waals surface area contributed by atoms with E-state index in [1.807, 2.05) is 0 Å². The minimum absolute atomic E-state index is 0. The van der Waals surface area contributed by atoms with Gasteiger partial charge in [-0.2, -0.15) is 0 Å². The normalized spacial score (nSPS) is 30.3. The van der Waals surface area contributed by atoms with E-state index in [9.17, 15) is 0 Å². The Morgan fingerprint density at radius 1 is 1.26 bits per heavy atom. The molecule has 1 aliphatic carbocycles. The van der Waals surface area contributed by atoms with Gasteiger partial charge in [0.25, 0.3) is 0 Å². The van der Waals surface area contributed by atoms with Gasteiger partial charge in [-0.15, -0.1) is 12.4 Å². The number of nitrogens with one attached hydrogen (secondary N) is 1. The van der Waals surface area contributed by atoms with Crippen molar-refractivity contribution in [3.63, 3.8) is 0 Å². The van der Waals surface area contributed by atoms with Gasteiger partial charge >= 0.3 is 0 Å². The van der Waals surface area contributed by atoms with Crippen molar-refractivity contribution in [3.8, 4) is 0 Å². The molecule has 0 radical (unpaired) electrons. The van der Waals surface area contributed by atoms with Crippen LogP contribution in [-0.2, 0) is 10.3 Å². The van der Waals surface area contributed by atoms with Gasteiger partial charge in [-0.3, -0.25) is 0 Å². The van der Waals surface area contributed by atoms with Gasteiger partial charge in [0.2, 0.25) is 0 Å². The van der Waals surface area contributed by atoms with Gasteiger partial charge in [-0.1, -0.05) is 36.6 Å². The topological polar surface area (TPSA) is 21.3 Å². The van der Waals surface area contributed by atoms with E-state index < -0.39 is 0 Å². The summed E-state index contributed by atoms with van der Waals surface area (Å²) in [6.07, 6.45) is 5.38. The summed E-state index contributed by atoms with van der Waals surface area (Å²) in [6, 6.07) is 6.81. The van der Waals surface area contributed by atoms with E-state index >= 15 is 0 Å². The molecule has 19 heavy (non-hydrogen) atoms. The van der Waals surface area contributed by atoms with E-state index in [-0.39, 0.29) is 17.9 Å². The lowest BCUT2D eigenvalue weighted by Gasteiger charge is -2.48. The standard InChI is InChI=1S/C16H23NO.ClH/c1-12-6-7-13(2)14(11-12)16-8-4-3-5-15(16)18-10-9-17-16;/h6-7,11,15,17H,3-5,8-10H2,1-2H3;1H. The Balaban J connectivity index is 0.00000133. The first-order valence-electron chi connectivity index (χ1n) is 7.17. The molecule has 0 spiro atoms. The zero-order valence-corrected chi connectivity index (χ0v) is 12.7. The molecule has 1 aromatic rings. The molecule has 1 saturated carbocycles. The van der Waals surface area contributed by atoms with Crippen LogP contribution >= 0.6 is 12.4 Å². The second kappa shape index (κ2) is 5.82. The smallest absolute Gasteiger partial charge is 0.0799 e. The molecule has 1 aromatic carbocycles. The molecule has 1 N–H and O–H groups in total. The number of morpholine rings is 1. The number of hydrogen-bond acceptors (Lipinski definition) is 2. The van der Waals surface area contributed by atoms with E-state index in [0.29, 0.717) is 6.10 Å². The highest BCUT2D eigenvalue weighted by Gasteiger charge is 2.45. The van der Waals surface area contributed by atoms with Crippen molar-refractivity contribution in [2.75, 3.05) is 13.2 Å². The fourth-order valence-corrected chi connectivity index (χ4v) is 3.66. The molecule has 2 nitrogen and oxygen atoms in total. The molecule has 2 fully saturated rings. The lowest BCUT2D eigenvalue weighted by Crippen LogP contribution is -2.59. The largest absolute Gasteiger partial charge is 0.375 e. The van der Waals surface area contributed by atoms with E-state index in [4.69, 9.17) is 4.74 Å². The molecule has 0 aromatic heterocycles. The second-order valence-corrected chi connectivity index (χ2v) is 5.82. The molecule has 1 heterocycles. The number of ether oxygens (including phenoxy) is 1. The van der Waals surface area contributed by atoms with Gasteiger partial charge in [0, 0.05) is 6.54 Å². The lowest BCUT2D eigenvalue weighted by atomic mass is 9.72. The van der Waals surface area contributed by atoms with Gasteiger partial charge in [0.15, 0.2) is 0 Å². The fraction of sp³-hybridized carbons (Fsp3) is 0.625. The first-order chi connectivity index (χ1) is 8.72. The summed E-state index contributed by atoms with van der Waals surface area (Å²) in [5, 5.41) is 3.79. The summed E-state index contributed by atoms with van der Waals surface area (Å²) >= 11 is 0. The van der Waals surface area contributed by atoms with Crippen molar-refractivity contribution in [1.29, 1.82) is 0 Å². The van der Waals surface area contributed by atoms with Crippen molar-refractivity contribution in [2.24, 2.45) is 0 Å². The van der Waals surface area contributed by atoms with Crippen molar-refractivity contribution in [3.05, 3.63) is 34.9 Å². The number of rotatable bonds is 1. The first-order valence-corrected chi connectivity index (χ1v) is 7.17. The Bertz CT molecular complexity index is 434. The Hall–Kier alpha value is -0.570. The summed E-state index contributed by atoms with van der Waals surface area (Å²) in [5.41, 5.74) is 4.28. The third-order valence-corrected chi connectivity index (χ3v) is 4.57. The Kier molecular flexibility index (Phi) is 4.54. The number of halogens is 1. The first kappa shape index (κ1) is 14.8. The average molecular weight is 282 g/mol. The summed E-state index contributed by atoms with van der Waals surface area (Å²) in [7, 11) is 0. The van der Waals surface area contributed by atoms with Crippen LogP contribution in [0.15, 0.2) is 18.2 Å². The minimum Gasteiger partial charge on any atom is -0.375 e. The second-order valence-electron chi connectivity index (χ2n) is 5.82. The monoisotopic (exact) mass is 281 g/mol. The zero-order chi connectivity index (χ0) is 12.6. The predicted octanol–water partition coefficient (Wildman–Crippen LogP) is 3.48. The van der Waals surface area contributed by atoms with Gasteiger partial charge in [-0.05, 0) is 37.8 Å². The molecule has 2 atom stereocenters. The van der Waals surface area contributed by atoms with Crippen LogP contribution in [0, 0.1) is 13.8 Å². The van der Waals surface area contributed by atoms with E-state index in [2.05, 4.69) is 37.4 Å². The van der Waals surface area contributed by atoms with E-state index in [0.717, 1.165) is 13.2 Å². The van der Waals surface area contributed by atoms with Crippen molar-refractivity contribution in [2.45, 2.75) is 51.2 Å². The van der Waals surface area contributed by atoms with Gasteiger partial charge in [0.05, 0.1) is 18.2 Å². The van der Waals surface area contributed by atoms with Crippen LogP contribution in [0.1, 0.15) is 42.4 Å². The summed E-state index contributed by atoms with van der Waals surface area (Å²) in [6.45, 7) is 6.24. The average Bonchev–Trinajstić information content (AvgIpc) is 2.41. The summed E-state index contributed by atoms with van der Waals surface area (Å²) in [5.74, 6) is 0. The van der Waals surface area contributed by atoms with Crippen molar-refractivity contribution in [1.82, 2.24) is 5.32 Å². The van der Waals surface area contributed by atoms with Crippen LogP contribution in [0.5, 0.6) is 0 Å². The third kappa shape index (κ3) is 2.54. The Labute approximate surface area is 122 Å². The number of fused-ring (bicyclic) bond motifs is 1. The highest BCUT2D eigenvalue weighted by Crippen LogP contribution is 2.42. The maximum absolute atomic E-state index is 6.07. The van der Waals surface area contributed by atoms with Crippen LogP contribution in [0.25, 0.3) is 0 Å². The molecular weight excluding hydrogens is 258 g/mol. The number of hydrogen-bond donors (Lipinski definition) is 1. The zero-order valence-electron chi connectivity index (χ0n) is 11.9. The van der Waals surface area contributed by atoms with Crippen molar-refractivity contribution < 1.29 is 4.74 Å². The van der Waals surface area contributed by atoms with E-state index in [1.54, 1.807) is 0 Å². The fourth-order valence-electron chi connectivity index (χ4n) is 3.66. The third-order valence-electron chi connectivity index (χ3n) is 4.57. The van der Waals surface area contributed by atoms with E-state index in [1.165, 1.54) is 42.4 Å². The van der Waals surface area contributed by atoms with Crippen LogP contribution in [0.3, 0.4) is 0 Å². The molecule has 1 saturated heterocycles. The maximum atomic E-state index is 6.07. The molecule has 2 unspecified atom stereocenters. The molecule has 3 rings (SSSR count). The molecule has 0 amide bonds. The SMILES string of the molecule is Cc1ccc(C)c(C23CCCCC2OCCN3)c1.Cl. The highest BCUT2D eigenvalue weighted by atomic mass is 35.5. The van der Waals surface area contributed by atoms with Crippen LogP contribution in [0.2, 0.25) is 0 Å². The maximum Gasteiger partial charge on any atom is 0.0799 e. The lowest BCUT2D eigenvalue weighted by molar-refractivity contribution is -0.0758. The minimum atomic E-state index is 0. The predicted molar refractivity (Wildman–Crippen MR) is 81.1 cm³/mol. The number of aryl methyl sites for hydroxylation is 2. The molecule has 0 bridgehead atoms. The van der Waals surface area contributed by atoms with Gasteiger partial charge < -0.3 is 10.1 Å². The summed E-state index contributed by atoms with van der Waals surface area (Å²) < 4.78 is 6.07. The quantitative estimate of drug-likeness (QED) is 0.851. The van der Waals surface area contributed by atoms with Crippen molar-refractivity contribution >= 4 is 12.4 Å². The molecule has 1 aliphatic heterocycles. The van der Waals surface area contributed by atoms with Crippen LogP contribution in [0.4, 0.5) is 0 Å². The Morgan fingerprint density at radius 3 is 2.95 bits per heavy atom. The molecular formula is C16H24ClNO. The van der Waals surface area contributed by atoms with Crippen LogP contribution in [-0.4, -0.2) is 19.3 Å².